The molecule has 1 aromatic carbocycles. The standard InChI is InChI=1S/C13H14FNO4S/c14-13-8-12(4-3-10(13)2-1-6-16)20(17,18)15-11-5-7-19-9-11/h3-4,8,11,15-16H,5-7,9H2. The number of hydrogen-bond donors (Lipinski definition) is 2. The first kappa shape index (κ1) is 14.9. The van der Waals surface area contributed by atoms with E-state index in [0.717, 1.165) is 6.07 Å². The molecule has 108 valence electrons. The molecule has 1 aliphatic heterocycles. The average Bonchev–Trinajstić information content (AvgIpc) is 2.89. The van der Waals surface area contributed by atoms with E-state index in [4.69, 9.17) is 9.84 Å². The quantitative estimate of drug-likeness (QED) is 0.784. The second-order valence-electron chi connectivity index (χ2n) is 4.28. The van der Waals surface area contributed by atoms with Crippen molar-refractivity contribution in [1.29, 1.82) is 0 Å². The van der Waals surface area contributed by atoms with E-state index in [9.17, 15) is 12.8 Å². The molecule has 1 aromatic rings. The summed E-state index contributed by atoms with van der Waals surface area (Å²) in [5.74, 6) is 3.97. The van der Waals surface area contributed by atoms with Gasteiger partial charge in [-0.2, -0.15) is 0 Å². The van der Waals surface area contributed by atoms with E-state index in [1.54, 1.807) is 0 Å². The summed E-state index contributed by atoms with van der Waals surface area (Å²) in [4.78, 5) is -0.156. The van der Waals surface area contributed by atoms with Crippen molar-refractivity contribution in [1.82, 2.24) is 4.72 Å². The summed E-state index contributed by atoms with van der Waals surface area (Å²) in [6.45, 7) is 0.446. The van der Waals surface area contributed by atoms with Gasteiger partial charge in [-0.25, -0.2) is 17.5 Å². The van der Waals surface area contributed by atoms with Gasteiger partial charge in [-0.1, -0.05) is 11.8 Å². The number of hydrogen-bond acceptors (Lipinski definition) is 4. The van der Waals surface area contributed by atoms with Gasteiger partial charge in [0.1, 0.15) is 12.4 Å². The highest BCUT2D eigenvalue weighted by molar-refractivity contribution is 7.89. The maximum absolute atomic E-state index is 13.7. The first-order chi connectivity index (χ1) is 9.53. The fourth-order valence-corrected chi connectivity index (χ4v) is 3.08. The van der Waals surface area contributed by atoms with Gasteiger partial charge < -0.3 is 9.84 Å². The number of aliphatic hydroxyl groups excluding tert-OH is 1. The minimum atomic E-state index is -3.77. The summed E-state index contributed by atoms with van der Waals surface area (Å²) >= 11 is 0. The summed E-state index contributed by atoms with van der Waals surface area (Å²) in [6.07, 6.45) is 0.599. The lowest BCUT2D eigenvalue weighted by molar-refractivity contribution is 0.192. The monoisotopic (exact) mass is 299 g/mol. The summed E-state index contributed by atoms with van der Waals surface area (Å²) < 4.78 is 45.4. The molecule has 1 unspecified atom stereocenters. The van der Waals surface area contributed by atoms with Crippen LogP contribution in [0.4, 0.5) is 4.39 Å². The minimum Gasteiger partial charge on any atom is -0.384 e. The molecule has 0 radical (unpaired) electrons. The van der Waals surface area contributed by atoms with E-state index >= 15 is 0 Å². The van der Waals surface area contributed by atoms with Gasteiger partial charge in [-0.05, 0) is 24.6 Å². The zero-order valence-corrected chi connectivity index (χ0v) is 11.4. The van der Waals surface area contributed by atoms with Gasteiger partial charge in [0.25, 0.3) is 0 Å². The molecule has 2 N–H and O–H groups in total. The summed E-state index contributed by atoms with van der Waals surface area (Å²) in [7, 11) is -3.77. The van der Waals surface area contributed by atoms with Crippen LogP contribution in [0.2, 0.25) is 0 Å². The Balaban J connectivity index is 2.21. The Kier molecular flexibility index (Phi) is 4.73. The largest absolute Gasteiger partial charge is 0.384 e. The van der Waals surface area contributed by atoms with Crippen molar-refractivity contribution in [2.45, 2.75) is 17.4 Å². The highest BCUT2D eigenvalue weighted by Crippen LogP contribution is 2.16. The van der Waals surface area contributed by atoms with Gasteiger partial charge in [-0.3, -0.25) is 0 Å². The maximum atomic E-state index is 13.7. The molecule has 0 amide bonds. The molecule has 1 fully saturated rings. The van der Waals surface area contributed by atoms with Crippen LogP contribution in [0.25, 0.3) is 0 Å². The van der Waals surface area contributed by atoms with Crippen molar-refractivity contribution in [3.63, 3.8) is 0 Å². The second-order valence-corrected chi connectivity index (χ2v) is 6.00. The second kappa shape index (κ2) is 6.33. The van der Waals surface area contributed by atoms with Crippen molar-refractivity contribution in [2.24, 2.45) is 0 Å². The molecule has 7 heteroatoms. The van der Waals surface area contributed by atoms with E-state index in [-0.39, 0.29) is 23.1 Å². The molecule has 2 rings (SSSR count). The van der Waals surface area contributed by atoms with Crippen LogP contribution in [0.3, 0.4) is 0 Å². The normalized spacial score (nSPS) is 18.6. The van der Waals surface area contributed by atoms with Crippen LogP contribution >= 0.6 is 0 Å². The van der Waals surface area contributed by atoms with Gasteiger partial charge in [0, 0.05) is 12.6 Å². The fraction of sp³-hybridized carbons (Fsp3) is 0.385. The van der Waals surface area contributed by atoms with Gasteiger partial charge in [0.05, 0.1) is 17.1 Å². The van der Waals surface area contributed by atoms with Crippen LogP contribution in [0.15, 0.2) is 23.1 Å². The number of rotatable bonds is 3. The SMILES string of the molecule is O=S(=O)(NC1CCOC1)c1ccc(C#CCO)c(F)c1. The minimum absolute atomic E-state index is 0.0437. The summed E-state index contributed by atoms with van der Waals surface area (Å²) in [5, 5.41) is 8.55. The highest BCUT2D eigenvalue weighted by Gasteiger charge is 2.24. The Morgan fingerprint density at radius 2 is 2.30 bits per heavy atom. The van der Waals surface area contributed by atoms with E-state index in [1.165, 1.54) is 12.1 Å². The molecule has 1 saturated heterocycles. The molecule has 0 bridgehead atoms. The first-order valence-corrected chi connectivity index (χ1v) is 7.50. The van der Waals surface area contributed by atoms with Crippen LogP contribution < -0.4 is 4.72 Å². The molecule has 1 aliphatic rings. The third-order valence-electron chi connectivity index (χ3n) is 2.80. The topological polar surface area (TPSA) is 75.6 Å². The Morgan fingerprint density at radius 1 is 1.50 bits per heavy atom. The lowest BCUT2D eigenvalue weighted by atomic mass is 10.2. The number of sulfonamides is 1. The molecule has 5 nitrogen and oxygen atoms in total. The maximum Gasteiger partial charge on any atom is 0.241 e. The van der Waals surface area contributed by atoms with Crippen LogP contribution in [-0.4, -0.2) is 39.4 Å². The van der Waals surface area contributed by atoms with E-state index in [0.29, 0.717) is 19.6 Å². The van der Waals surface area contributed by atoms with Crippen molar-refractivity contribution in [3.8, 4) is 11.8 Å². The molecule has 1 heterocycles. The lowest BCUT2D eigenvalue weighted by Crippen LogP contribution is -2.35. The molecule has 0 aliphatic carbocycles. The van der Waals surface area contributed by atoms with E-state index < -0.39 is 15.8 Å². The fourth-order valence-electron chi connectivity index (χ4n) is 1.81. The van der Waals surface area contributed by atoms with Crippen LogP contribution in [-0.2, 0) is 14.8 Å². The molecule has 0 saturated carbocycles. The summed E-state index contributed by atoms with van der Waals surface area (Å²) in [5.41, 5.74) is 0.0437. The van der Waals surface area contributed by atoms with Crippen molar-refractivity contribution in [2.75, 3.05) is 19.8 Å². The Morgan fingerprint density at radius 3 is 2.90 bits per heavy atom. The van der Waals surface area contributed by atoms with E-state index in [2.05, 4.69) is 16.6 Å². The number of aliphatic hydroxyl groups is 1. The third-order valence-corrected chi connectivity index (χ3v) is 4.32. The lowest BCUT2D eigenvalue weighted by Gasteiger charge is -2.11. The zero-order chi connectivity index (χ0) is 14.6. The molecule has 0 aromatic heterocycles. The Labute approximate surface area is 116 Å². The summed E-state index contributed by atoms with van der Waals surface area (Å²) in [6, 6.07) is 3.19. The molecule has 0 spiro atoms. The third kappa shape index (κ3) is 3.55. The zero-order valence-electron chi connectivity index (χ0n) is 10.6. The smallest absolute Gasteiger partial charge is 0.241 e. The number of halogens is 1. The predicted molar refractivity (Wildman–Crippen MR) is 69.9 cm³/mol. The molecular formula is C13H14FNO4S. The van der Waals surface area contributed by atoms with Gasteiger partial charge in [0.15, 0.2) is 0 Å². The number of nitrogens with one attached hydrogen (secondary N) is 1. The van der Waals surface area contributed by atoms with Crippen LogP contribution in [0, 0.1) is 17.7 Å². The van der Waals surface area contributed by atoms with Crippen molar-refractivity contribution < 1.29 is 22.7 Å². The Bertz CT molecular complexity index is 642. The highest BCUT2D eigenvalue weighted by atomic mass is 32.2. The Hall–Kier alpha value is -1.46. The number of ether oxygens (including phenoxy) is 1. The van der Waals surface area contributed by atoms with Crippen LogP contribution in [0.5, 0.6) is 0 Å². The first-order valence-electron chi connectivity index (χ1n) is 6.02. The predicted octanol–water partition coefficient (Wildman–Crippen LogP) is 0.237. The van der Waals surface area contributed by atoms with Crippen molar-refractivity contribution >= 4 is 10.0 Å². The molecule has 1 atom stereocenters. The van der Waals surface area contributed by atoms with Gasteiger partial charge in [0.2, 0.25) is 10.0 Å². The van der Waals surface area contributed by atoms with Gasteiger partial charge >= 0.3 is 0 Å². The van der Waals surface area contributed by atoms with Crippen molar-refractivity contribution in [3.05, 3.63) is 29.6 Å². The van der Waals surface area contributed by atoms with Crippen LogP contribution in [0.1, 0.15) is 12.0 Å². The molecule has 20 heavy (non-hydrogen) atoms. The average molecular weight is 299 g/mol. The van der Waals surface area contributed by atoms with Gasteiger partial charge in [-0.15, -0.1) is 0 Å². The molecular weight excluding hydrogens is 285 g/mol. The number of benzene rings is 1. The van der Waals surface area contributed by atoms with E-state index in [1.807, 2.05) is 0 Å².